The van der Waals surface area contributed by atoms with Crippen molar-refractivity contribution in [3.8, 4) is 0 Å². The first kappa shape index (κ1) is 64.3. The number of allylic oxidation sites excluding steroid dienone is 2. The Kier molecular flexibility index (Phi) is 18.0. The van der Waals surface area contributed by atoms with Crippen LogP contribution in [0.1, 0.15) is 127 Å². The zero-order valence-electron chi connectivity index (χ0n) is 49.3. The van der Waals surface area contributed by atoms with Crippen molar-refractivity contribution in [2.75, 3.05) is 19.8 Å². The minimum atomic E-state index is -1.88. The van der Waals surface area contributed by atoms with Crippen LogP contribution in [0.3, 0.4) is 0 Å². The van der Waals surface area contributed by atoms with Gasteiger partial charge in [0.15, 0.2) is 18.9 Å². The fraction of sp³-hybridized carbons (Fsp3) is 0.949. The minimum absolute atomic E-state index is 0.117. The lowest BCUT2D eigenvalue weighted by atomic mass is 9.33. The molecule has 0 aromatic rings. The van der Waals surface area contributed by atoms with Crippen LogP contribution in [-0.2, 0) is 47.4 Å². The highest BCUT2D eigenvalue weighted by molar-refractivity contribution is 5.79. The first-order valence-electron chi connectivity index (χ1n) is 30.3. The molecule has 24 nitrogen and oxygen atoms in total. The first-order chi connectivity index (χ1) is 38.8. The predicted octanol–water partition coefficient (Wildman–Crippen LogP) is -1.24. The standard InChI is InChI=1S/C59H96O24/c1-24-34(62)38(66)42(70)50(77-24)81-47-30(21-60)79-49(45(73)41(47)69)76-23-31-37(65)40(68)44(72)52(80-31)83-53(74)59-18-16-54(3,4)20-28(59)26-10-11-33-56(7)14-12-27(55(5,6)32(56)13-15-58(33,9)57(26,8)17-19-59)46-48(36(64)29(61)22-75-46)82-51-43(71)39(67)35(63)25(2)78-51/h10,24-25,27-52,60-73H,11-23H2,1-9H3/t24-,25-,27+,28-,29-,30+,31+,32-,33+,34-,35-,36-,37+,38+,39+,40-,41+,42+,43+,44+,45+,46-,47+,48+,49+,50-,51-,52-,56-,57+,58+,59-/m0/s1. The highest BCUT2D eigenvalue weighted by Crippen LogP contribution is 2.76. The Hall–Kier alpha value is -1.67. The SMILES string of the molecule is C[C@@H]1O[C@@H](O[C@@H]2[C@@H](O)[C@@H](O)CO[C@H]2[C@H]2CC[C@]3(C)[C@H]4CC=C5[C@@H]6CC(C)(C)CC[C@]6(C(=O)O[C@@H]6O[C@H](CO[C@@H]7O[C@H](CO)[C@@H](O[C@@H]8O[C@@H](C)[C@H](O)[C@@H](O)[C@H]8O)[C@H](O)[C@H]7O)[C@@H](O)[C@H](O)[C@H]6O)CC[C@@]5(C)[C@]4(C)CC[C@H]3C2(C)C)[C@H](O)[C@H](O)[C@H]1O. The topological polar surface area (TPSA) is 383 Å². The summed E-state index contributed by atoms with van der Waals surface area (Å²) in [5.74, 6) is -0.572. The Morgan fingerprint density at radius 2 is 1.14 bits per heavy atom. The number of hydrogen-bond donors (Lipinski definition) is 14. The molecule has 10 aliphatic rings. The Morgan fingerprint density at radius 1 is 0.578 bits per heavy atom. The average Bonchev–Trinajstić information content (AvgIpc) is 0.930. The summed E-state index contributed by atoms with van der Waals surface area (Å²) < 4.78 is 53.6. The van der Waals surface area contributed by atoms with Gasteiger partial charge in [-0.15, -0.1) is 0 Å². The van der Waals surface area contributed by atoms with Gasteiger partial charge in [0.25, 0.3) is 0 Å². The molecule has 0 spiro atoms. The van der Waals surface area contributed by atoms with E-state index >= 15 is 4.79 Å². The molecule has 9 fully saturated rings. The van der Waals surface area contributed by atoms with Gasteiger partial charge >= 0.3 is 5.97 Å². The lowest BCUT2D eigenvalue weighted by Gasteiger charge is -2.72. The Balaban J connectivity index is 0.839. The molecular formula is C59H96O24. The van der Waals surface area contributed by atoms with Crippen LogP contribution in [-0.4, -0.2) is 245 Å². The van der Waals surface area contributed by atoms with E-state index in [9.17, 15) is 71.5 Å². The molecule has 10 rings (SSSR count). The number of esters is 1. The van der Waals surface area contributed by atoms with Crippen LogP contribution in [0.2, 0.25) is 0 Å². The van der Waals surface area contributed by atoms with E-state index in [2.05, 4.69) is 54.5 Å². The summed E-state index contributed by atoms with van der Waals surface area (Å²) in [6, 6.07) is 0. The van der Waals surface area contributed by atoms with Gasteiger partial charge in [-0.3, -0.25) is 4.79 Å². The average molecular weight is 1190 g/mol. The molecule has 476 valence electrons. The molecule has 0 bridgehead atoms. The zero-order chi connectivity index (χ0) is 60.6. The van der Waals surface area contributed by atoms with Crippen LogP contribution in [0.4, 0.5) is 0 Å². The summed E-state index contributed by atoms with van der Waals surface area (Å²) in [6.07, 6.45) is -26.4. The summed E-state index contributed by atoms with van der Waals surface area (Å²) in [5, 5.41) is 152. The van der Waals surface area contributed by atoms with Crippen molar-refractivity contribution in [2.24, 2.45) is 56.2 Å². The Labute approximate surface area is 484 Å². The molecule has 0 unspecified atom stereocenters. The fourth-order valence-electron chi connectivity index (χ4n) is 18.0. The Bertz CT molecular complexity index is 2330. The van der Waals surface area contributed by atoms with Gasteiger partial charge in [0.05, 0.1) is 43.5 Å². The van der Waals surface area contributed by atoms with E-state index in [4.69, 9.17) is 42.6 Å². The highest BCUT2D eigenvalue weighted by atomic mass is 16.8. The van der Waals surface area contributed by atoms with E-state index in [1.165, 1.54) is 12.5 Å². The minimum Gasteiger partial charge on any atom is -0.432 e. The largest absolute Gasteiger partial charge is 0.432 e. The van der Waals surface area contributed by atoms with Crippen LogP contribution in [0.25, 0.3) is 0 Å². The summed E-state index contributed by atoms with van der Waals surface area (Å²) in [4.78, 5) is 15.2. The van der Waals surface area contributed by atoms with Crippen molar-refractivity contribution in [3.05, 3.63) is 11.6 Å². The van der Waals surface area contributed by atoms with E-state index in [-0.39, 0.29) is 57.4 Å². The van der Waals surface area contributed by atoms with Crippen molar-refractivity contribution in [3.63, 3.8) is 0 Å². The van der Waals surface area contributed by atoms with E-state index in [0.717, 1.165) is 25.7 Å². The molecule has 83 heavy (non-hydrogen) atoms. The molecule has 32 atom stereocenters. The molecule has 0 aromatic carbocycles. The summed E-state index contributed by atoms with van der Waals surface area (Å²) in [6.45, 7) is 17.6. The van der Waals surface area contributed by atoms with Crippen molar-refractivity contribution in [1.82, 2.24) is 0 Å². The van der Waals surface area contributed by atoms with Crippen LogP contribution < -0.4 is 0 Å². The third-order valence-corrected chi connectivity index (χ3v) is 23.4. The number of rotatable bonds is 11. The lowest BCUT2D eigenvalue weighted by molar-refractivity contribution is -0.361. The molecule has 0 radical (unpaired) electrons. The maximum atomic E-state index is 15.2. The second-order valence-corrected chi connectivity index (χ2v) is 28.7. The van der Waals surface area contributed by atoms with Crippen molar-refractivity contribution >= 4 is 5.97 Å². The summed E-state index contributed by atoms with van der Waals surface area (Å²) in [5.41, 5.74) is -1.05. The number of aliphatic hydroxyl groups is 14. The normalized spacial score (nSPS) is 55.1. The molecule has 24 heteroatoms. The van der Waals surface area contributed by atoms with Crippen molar-refractivity contribution in [1.29, 1.82) is 0 Å². The van der Waals surface area contributed by atoms with Gasteiger partial charge in [0.2, 0.25) is 6.29 Å². The van der Waals surface area contributed by atoms with Gasteiger partial charge in [0, 0.05) is 0 Å². The monoisotopic (exact) mass is 1190 g/mol. The maximum absolute atomic E-state index is 15.2. The molecule has 5 aliphatic carbocycles. The number of aliphatic hydroxyl groups excluding tert-OH is 14. The van der Waals surface area contributed by atoms with E-state index in [1.54, 1.807) is 6.92 Å². The van der Waals surface area contributed by atoms with E-state index in [0.29, 0.717) is 38.5 Å². The van der Waals surface area contributed by atoms with Crippen LogP contribution in [0.15, 0.2) is 11.6 Å². The molecule has 0 amide bonds. The number of carbonyl (C=O) groups is 1. The van der Waals surface area contributed by atoms with Gasteiger partial charge in [-0.2, -0.15) is 0 Å². The third kappa shape index (κ3) is 10.6. The second kappa shape index (κ2) is 23.3. The Morgan fingerprint density at radius 3 is 1.77 bits per heavy atom. The number of fused-ring (bicyclic) bond motifs is 7. The van der Waals surface area contributed by atoms with Crippen LogP contribution in [0.5, 0.6) is 0 Å². The smallest absolute Gasteiger partial charge is 0.315 e. The van der Waals surface area contributed by atoms with Gasteiger partial charge in [-0.1, -0.05) is 60.1 Å². The second-order valence-electron chi connectivity index (χ2n) is 28.7. The van der Waals surface area contributed by atoms with Crippen molar-refractivity contribution in [2.45, 2.75) is 274 Å². The number of hydrogen-bond acceptors (Lipinski definition) is 24. The van der Waals surface area contributed by atoms with Gasteiger partial charge in [-0.25, -0.2) is 0 Å². The van der Waals surface area contributed by atoms with Gasteiger partial charge < -0.3 is 114 Å². The van der Waals surface area contributed by atoms with Crippen molar-refractivity contribution < 1.29 is 119 Å². The van der Waals surface area contributed by atoms with Gasteiger partial charge in [0.1, 0.15) is 104 Å². The quantitative estimate of drug-likeness (QED) is 0.0849. The molecule has 5 aliphatic heterocycles. The van der Waals surface area contributed by atoms with Crippen LogP contribution >= 0.6 is 0 Å². The fourth-order valence-corrected chi connectivity index (χ4v) is 18.0. The first-order valence-corrected chi connectivity index (χ1v) is 30.3. The molecule has 5 heterocycles. The number of carbonyl (C=O) groups excluding carboxylic acids is 1. The zero-order valence-corrected chi connectivity index (χ0v) is 49.3. The predicted molar refractivity (Wildman–Crippen MR) is 285 cm³/mol. The highest BCUT2D eigenvalue weighted by Gasteiger charge is 2.71. The maximum Gasteiger partial charge on any atom is 0.315 e. The van der Waals surface area contributed by atoms with Crippen LogP contribution in [0, 0.1) is 56.2 Å². The molecule has 5 saturated heterocycles. The van der Waals surface area contributed by atoms with E-state index < -0.39 is 172 Å². The third-order valence-electron chi connectivity index (χ3n) is 23.4. The molecule has 0 aromatic heterocycles. The van der Waals surface area contributed by atoms with Gasteiger partial charge in [-0.05, 0) is 129 Å². The number of ether oxygens (including phenoxy) is 9. The molecular weight excluding hydrogens is 1090 g/mol. The summed E-state index contributed by atoms with van der Waals surface area (Å²) in [7, 11) is 0. The van der Waals surface area contributed by atoms with E-state index in [1.807, 2.05) is 0 Å². The lowest BCUT2D eigenvalue weighted by Crippen LogP contribution is -2.67. The summed E-state index contributed by atoms with van der Waals surface area (Å²) >= 11 is 0. The molecule has 4 saturated carbocycles. The molecule has 14 N–H and O–H groups in total.